The normalized spacial score (nSPS) is 13.7. The summed E-state index contributed by atoms with van der Waals surface area (Å²) < 4.78 is 6.17. The second-order valence-electron chi connectivity index (χ2n) is 6.43. The zero-order valence-electron chi connectivity index (χ0n) is 14.6. The molecule has 2 atom stereocenters. The number of ether oxygens (including phenoxy) is 1. The molecule has 2 aromatic rings. The van der Waals surface area contributed by atoms with Crippen molar-refractivity contribution in [3.05, 3.63) is 58.7 Å². The molecule has 2 rings (SSSR count). The van der Waals surface area contributed by atoms with Gasteiger partial charge in [0, 0.05) is 11.4 Å². The van der Waals surface area contributed by atoms with E-state index in [4.69, 9.17) is 16.2 Å². The summed E-state index contributed by atoms with van der Waals surface area (Å²) in [4.78, 5) is 0. The monoisotopic (exact) mass is 312 g/mol. The summed E-state index contributed by atoms with van der Waals surface area (Å²) in [5, 5.41) is 0. The summed E-state index contributed by atoms with van der Waals surface area (Å²) in [5.74, 6) is 0. The molecule has 4 N–H and O–H groups in total. The highest BCUT2D eigenvalue weighted by Gasteiger charge is 2.13. The third-order valence-corrected chi connectivity index (χ3v) is 4.46. The summed E-state index contributed by atoms with van der Waals surface area (Å²) in [6.07, 6.45) is 2.03. The van der Waals surface area contributed by atoms with Gasteiger partial charge in [0.05, 0.1) is 12.2 Å². The van der Waals surface area contributed by atoms with Gasteiger partial charge < -0.3 is 16.2 Å². The van der Waals surface area contributed by atoms with Crippen LogP contribution in [0.4, 0.5) is 11.4 Å². The van der Waals surface area contributed by atoms with E-state index in [-0.39, 0.29) is 12.2 Å². The van der Waals surface area contributed by atoms with E-state index < -0.39 is 0 Å². The quantitative estimate of drug-likeness (QED) is 0.791. The number of benzene rings is 2. The second kappa shape index (κ2) is 7.51. The lowest BCUT2D eigenvalue weighted by molar-refractivity contribution is 0.00932. The first kappa shape index (κ1) is 17.4. The first-order valence-corrected chi connectivity index (χ1v) is 8.22. The Bertz CT molecular complexity index is 609. The van der Waals surface area contributed by atoms with Crippen molar-refractivity contribution in [1.82, 2.24) is 0 Å². The first-order chi connectivity index (χ1) is 10.9. The minimum absolute atomic E-state index is 0.145. The van der Waals surface area contributed by atoms with E-state index in [1.165, 1.54) is 11.1 Å². The SMILES string of the molecule is Cc1c(N)cccc1CC(C)OC(C)Cc1cccc(N)c1C. The molecule has 0 saturated carbocycles. The lowest BCUT2D eigenvalue weighted by atomic mass is 10.0. The largest absolute Gasteiger partial charge is 0.399 e. The Hall–Kier alpha value is -2.00. The molecular formula is C20H28N2O. The molecule has 124 valence electrons. The summed E-state index contributed by atoms with van der Waals surface area (Å²) in [6, 6.07) is 12.1. The van der Waals surface area contributed by atoms with E-state index in [0.717, 1.165) is 35.3 Å². The van der Waals surface area contributed by atoms with Crippen LogP contribution in [-0.2, 0) is 17.6 Å². The summed E-state index contributed by atoms with van der Waals surface area (Å²) in [5.41, 5.74) is 18.5. The molecule has 0 aromatic heterocycles. The zero-order valence-corrected chi connectivity index (χ0v) is 14.6. The van der Waals surface area contributed by atoms with Crippen molar-refractivity contribution in [2.75, 3.05) is 11.5 Å². The molecule has 0 aliphatic heterocycles. The van der Waals surface area contributed by atoms with Gasteiger partial charge in [-0.15, -0.1) is 0 Å². The maximum atomic E-state index is 6.17. The molecule has 0 heterocycles. The van der Waals surface area contributed by atoms with Gasteiger partial charge in [0.1, 0.15) is 0 Å². The fourth-order valence-corrected chi connectivity index (χ4v) is 2.96. The molecule has 0 radical (unpaired) electrons. The van der Waals surface area contributed by atoms with E-state index in [2.05, 4.69) is 39.8 Å². The fraction of sp³-hybridized carbons (Fsp3) is 0.400. The van der Waals surface area contributed by atoms with Gasteiger partial charge in [-0.1, -0.05) is 24.3 Å². The Morgan fingerprint density at radius 3 is 1.57 bits per heavy atom. The van der Waals surface area contributed by atoms with Gasteiger partial charge in [-0.05, 0) is 74.9 Å². The average molecular weight is 312 g/mol. The van der Waals surface area contributed by atoms with Gasteiger partial charge in [-0.25, -0.2) is 0 Å². The van der Waals surface area contributed by atoms with Crippen molar-refractivity contribution in [2.24, 2.45) is 0 Å². The van der Waals surface area contributed by atoms with Crippen LogP contribution in [0.3, 0.4) is 0 Å². The smallest absolute Gasteiger partial charge is 0.0591 e. The topological polar surface area (TPSA) is 61.3 Å². The number of anilines is 2. The fourth-order valence-electron chi connectivity index (χ4n) is 2.96. The van der Waals surface area contributed by atoms with Crippen LogP contribution in [0.1, 0.15) is 36.1 Å². The third kappa shape index (κ3) is 4.49. The van der Waals surface area contributed by atoms with Gasteiger partial charge in [-0.3, -0.25) is 0 Å². The molecule has 0 amide bonds. The standard InChI is InChI=1S/C20H28N2O/c1-13(11-17-7-5-9-19(21)15(17)3)23-14(2)12-18-8-6-10-20(22)16(18)4/h5-10,13-14H,11-12,21-22H2,1-4H3. The van der Waals surface area contributed by atoms with Crippen molar-refractivity contribution in [3.63, 3.8) is 0 Å². The van der Waals surface area contributed by atoms with E-state index in [1.807, 2.05) is 24.3 Å². The van der Waals surface area contributed by atoms with Crippen molar-refractivity contribution >= 4 is 11.4 Å². The van der Waals surface area contributed by atoms with Gasteiger partial charge in [0.2, 0.25) is 0 Å². The van der Waals surface area contributed by atoms with Crippen LogP contribution in [-0.4, -0.2) is 12.2 Å². The number of nitrogen functional groups attached to an aromatic ring is 2. The van der Waals surface area contributed by atoms with E-state index in [1.54, 1.807) is 0 Å². The van der Waals surface area contributed by atoms with Crippen LogP contribution in [0.5, 0.6) is 0 Å². The molecule has 3 heteroatoms. The van der Waals surface area contributed by atoms with Gasteiger partial charge in [0.25, 0.3) is 0 Å². The summed E-state index contributed by atoms with van der Waals surface area (Å²) in [6.45, 7) is 8.37. The Labute approximate surface area is 139 Å². The molecule has 0 aliphatic carbocycles. The molecule has 0 spiro atoms. The average Bonchev–Trinajstić information content (AvgIpc) is 2.48. The highest BCUT2D eigenvalue weighted by atomic mass is 16.5. The molecule has 3 nitrogen and oxygen atoms in total. The van der Waals surface area contributed by atoms with Crippen molar-refractivity contribution in [3.8, 4) is 0 Å². The minimum atomic E-state index is 0.145. The molecular weight excluding hydrogens is 284 g/mol. The lowest BCUT2D eigenvalue weighted by Gasteiger charge is -2.21. The van der Waals surface area contributed by atoms with E-state index in [9.17, 15) is 0 Å². The van der Waals surface area contributed by atoms with Crippen molar-refractivity contribution in [1.29, 1.82) is 0 Å². The third-order valence-electron chi connectivity index (χ3n) is 4.46. The number of hydrogen-bond donors (Lipinski definition) is 2. The van der Waals surface area contributed by atoms with Crippen LogP contribution < -0.4 is 11.5 Å². The molecule has 0 fully saturated rings. The predicted octanol–water partition coefficient (Wildman–Crippen LogP) is 4.05. The second-order valence-corrected chi connectivity index (χ2v) is 6.43. The molecule has 23 heavy (non-hydrogen) atoms. The number of rotatable bonds is 6. The number of nitrogens with two attached hydrogens (primary N) is 2. The Balaban J connectivity index is 1.96. The predicted molar refractivity (Wildman–Crippen MR) is 98.6 cm³/mol. The molecule has 0 aliphatic rings. The van der Waals surface area contributed by atoms with Crippen LogP contribution in [0.2, 0.25) is 0 Å². The Kier molecular flexibility index (Phi) is 5.67. The molecule has 0 saturated heterocycles. The van der Waals surface area contributed by atoms with Gasteiger partial charge in [-0.2, -0.15) is 0 Å². The number of hydrogen-bond acceptors (Lipinski definition) is 3. The first-order valence-electron chi connectivity index (χ1n) is 8.22. The highest BCUT2D eigenvalue weighted by Crippen LogP contribution is 2.21. The molecule has 2 unspecified atom stereocenters. The lowest BCUT2D eigenvalue weighted by Crippen LogP contribution is -2.22. The summed E-state index contributed by atoms with van der Waals surface area (Å²) in [7, 11) is 0. The Morgan fingerprint density at radius 2 is 1.17 bits per heavy atom. The van der Waals surface area contributed by atoms with Crippen LogP contribution in [0, 0.1) is 13.8 Å². The van der Waals surface area contributed by atoms with Gasteiger partial charge >= 0.3 is 0 Å². The van der Waals surface area contributed by atoms with Crippen LogP contribution in [0.15, 0.2) is 36.4 Å². The van der Waals surface area contributed by atoms with E-state index in [0.29, 0.717) is 0 Å². The molecule has 0 bridgehead atoms. The highest BCUT2D eigenvalue weighted by molar-refractivity contribution is 5.50. The maximum Gasteiger partial charge on any atom is 0.0591 e. The van der Waals surface area contributed by atoms with Crippen LogP contribution in [0.25, 0.3) is 0 Å². The molecule has 2 aromatic carbocycles. The van der Waals surface area contributed by atoms with Crippen molar-refractivity contribution < 1.29 is 4.74 Å². The van der Waals surface area contributed by atoms with Gasteiger partial charge in [0.15, 0.2) is 0 Å². The summed E-state index contributed by atoms with van der Waals surface area (Å²) >= 11 is 0. The van der Waals surface area contributed by atoms with E-state index >= 15 is 0 Å². The van der Waals surface area contributed by atoms with Crippen LogP contribution >= 0.6 is 0 Å². The van der Waals surface area contributed by atoms with Crippen molar-refractivity contribution in [2.45, 2.75) is 52.7 Å². The Morgan fingerprint density at radius 1 is 0.783 bits per heavy atom. The maximum absolute atomic E-state index is 6.17. The zero-order chi connectivity index (χ0) is 17.0. The minimum Gasteiger partial charge on any atom is -0.399 e.